The van der Waals surface area contributed by atoms with Crippen LogP contribution in [0.4, 0.5) is 0 Å². The molecule has 0 saturated heterocycles. The number of rotatable bonds is 7. The molecule has 130 valence electrons. The Hall–Kier alpha value is -2.18. The second kappa shape index (κ2) is 10.6. The van der Waals surface area contributed by atoms with Crippen LogP contribution in [0.15, 0.2) is 30.3 Å². The standard InChI is InChI=1S/C15H15ClN2O4.C2H6/c1-20-14-12(13(16)17-15(18-14)21-2)11(19)9-22-8-10-6-4-3-5-7-10;1-2/h3-7H,8-9H2,1-2H3;1-2H3. The third kappa shape index (κ3) is 5.47. The van der Waals surface area contributed by atoms with Gasteiger partial charge in [-0.2, -0.15) is 9.97 Å². The highest BCUT2D eigenvalue weighted by Crippen LogP contribution is 2.26. The van der Waals surface area contributed by atoms with Crippen molar-refractivity contribution in [3.63, 3.8) is 0 Å². The highest BCUT2D eigenvalue weighted by atomic mass is 35.5. The summed E-state index contributed by atoms with van der Waals surface area (Å²) >= 11 is 6.00. The molecule has 1 heterocycles. The first kappa shape index (κ1) is 19.9. The minimum Gasteiger partial charge on any atom is -0.480 e. The van der Waals surface area contributed by atoms with Crippen LogP contribution in [-0.4, -0.2) is 36.6 Å². The second-order valence-corrected chi connectivity index (χ2v) is 4.64. The largest absolute Gasteiger partial charge is 0.480 e. The lowest BCUT2D eigenvalue weighted by Crippen LogP contribution is -2.13. The molecule has 0 fully saturated rings. The first-order valence-electron chi connectivity index (χ1n) is 7.46. The Balaban J connectivity index is 0.00000139. The Morgan fingerprint density at radius 3 is 2.33 bits per heavy atom. The lowest BCUT2D eigenvalue weighted by Gasteiger charge is -2.10. The van der Waals surface area contributed by atoms with Gasteiger partial charge >= 0.3 is 6.01 Å². The maximum atomic E-state index is 12.2. The summed E-state index contributed by atoms with van der Waals surface area (Å²) in [5.74, 6) is -0.300. The van der Waals surface area contributed by atoms with Crippen LogP contribution >= 0.6 is 11.6 Å². The molecular weight excluding hydrogens is 332 g/mol. The van der Waals surface area contributed by atoms with Crippen molar-refractivity contribution >= 4 is 17.4 Å². The second-order valence-electron chi connectivity index (χ2n) is 4.29. The summed E-state index contributed by atoms with van der Waals surface area (Å²) < 4.78 is 15.3. The highest BCUT2D eigenvalue weighted by Gasteiger charge is 2.21. The van der Waals surface area contributed by atoms with Crippen molar-refractivity contribution < 1.29 is 19.0 Å². The number of carbonyl (C=O) groups excluding carboxylic acids is 1. The van der Waals surface area contributed by atoms with Crippen molar-refractivity contribution in [2.75, 3.05) is 20.8 Å². The molecule has 0 radical (unpaired) electrons. The normalized spacial score (nSPS) is 9.71. The van der Waals surface area contributed by atoms with Gasteiger partial charge in [-0.15, -0.1) is 0 Å². The summed E-state index contributed by atoms with van der Waals surface area (Å²) in [6.07, 6.45) is 0. The lowest BCUT2D eigenvalue weighted by molar-refractivity contribution is 0.0722. The van der Waals surface area contributed by atoms with Gasteiger partial charge in [-0.25, -0.2) is 0 Å². The van der Waals surface area contributed by atoms with E-state index in [4.69, 9.17) is 25.8 Å². The fraction of sp³-hybridized carbons (Fsp3) is 0.353. The maximum Gasteiger partial charge on any atom is 0.320 e. The van der Waals surface area contributed by atoms with Crippen molar-refractivity contribution in [1.29, 1.82) is 0 Å². The maximum absolute atomic E-state index is 12.2. The number of nitrogens with zero attached hydrogens (tertiary/aromatic N) is 2. The van der Waals surface area contributed by atoms with Crippen molar-refractivity contribution in [2.24, 2.45) is 0 Å². The minimum atomic E-state index is -0.361. The number of Topliss-reactive ketones (excluding diaryl/α,β-unsaturated/α-hetero) is 1. The van der Waals surface area contributed by atoms with Gasteiger partial charge in [0, 0.05) is 0 Å². The van der Waals surface area contributed by atoms with Gasteiger partial charge in [0.15, 0.2) is 10.9 Å². The molecule has 2 aromatic rings. The number of benzene rings is 1. The van der Waals surface area contributed by atoms with Crippen molar-refractivity contribution in [3.05, 3.63) is 46.6 Å². The Morgan fingerprint density at radius 2 is 1.75 bits per heavy atom. The molecule has 1 aromatic heterocycles. The molecular formula is C17H21ClN2O4. The lowest BCUT2D eigenvalue weighted by atomic mass is 10.2. The van der Waals surface area contributed by atoms with Crippen LogP contribution in [-0.2, 0) is 11.3 Å². The molecule has 2 rings (SSSR count). The molecule has 0 aliphatic rings. The number of methoxy groups -OCH3 is 2. The van der Waals surface area contributed by atoms with E-state index in [-0.39, 0.29) is 35.0 Å². The molecule has 0 spiro atoms. The van der Waals surface area contributed by atoms with Gasteiger partial charge < -0.3 is 14.2 Å². The van der Waals surface area contributed by atoms with Crippen molar-refractivity contribution in [3.8, 4) is 11.9 Å². The average Bonchev–Trinajstić information content (AvgIpc) is 2.63. The summed E-state index contributed by atoms with van der Waals surface area (Å²) in [7, 11) is 2.79. The van der Waals surface area contributed by atoms with E-state index in [2.05, 4.69) is 9.97 Å². The van der Waals surface area contributed by atoms with Gasteiger partial charge in [0.25, 0.3) is 0 Å². The Bertz CT molecular complexity index is 651. The molecule has 0 amide bonds. The molecule has 24 heavy (non-hydrogen) atoms. The summed E-state index contributed by atoms with van der Waals surface area (Å²) in [5.41, 5.74) is 1.05. The molecule has 0 aliphatic heterocycles. The number of hydrogen-bond donors (Lipinski definition) is 0. The van der Waals surface area contributed by atoms with E-state index in [1.807, 2.05) is 44.2 Å². The van der Waals surface area contributed by atoms with Gasteiger partial charge in [-0.3, -0.25) is 4.79 Å². The number of carbonyl (C=O) groups is 1. The van der Waals surface area contributed by atoms with Crippen LogP contribution in [0.5, 0.6) is 11.9 Å². The van der Waals surface area contributed by atoms with Crippen LogP contribution in [0, 0.1) is 0 Å². The van der Waals surface area contributed by atoms with Gasteiger partial charge in [-0.1, -0.05) is 55.8 Å². The fourth-order valence-corrected chi connectivity index (χ4v) is 2.04. The predicted molar refractivity (Wildman–Crippen MR) is 91.9 cm³/mol. The zero-order valence-corrected chi connectivity index (χ0v) is 15.0. The minimum absolute atomic E-state index is 0.0305. The zero-order valence-electron chi connectivity index (χ0n) is 14.2. The molecule has 6 nitrogen and oxygen atoms in total. The SMILES string of the molecule is CC.COc1nc(Cl)c(C(=O)COCc2ccccc2)c(OC)n1. The van der Waals surface area contributed by atoms with Gasteiger partial charge in [-0.05, 0) is 5.56 Å². The van der Waals surface area contributed by atoms with Crippen LogP contribution < -0.4 is 9.47 Å². The van der Waals surface area contributed by atoms with E-state index < -0.39 is 0 Å². The number of ether oxygens (including phenoxy) is 3. The summed E-state index contributed by atoms with van der Waals surface area (Å²) in [5, 5.41) is -0.0305. The van der Waals surface area contributed by atoms with E-state index in [1.165, 1.54) is 14.2 Å². The number of halogens is 1. The first-order valence-corrected chi connectivity index (χ1v) is 7.84. The monoisotopic (exact) mass is 352 g/mol. The quantitative estimate of drug-likeness (QED) is 0.560. The van der Waals surface area contributed by atoms with E-state index >= 15 is 0 Å². The van der Waals surface area contributed by atoms with Crippen molar-refractivity contribution in [1.82, 2.24) is 9.97 Å². The molecule has 0 atom stereocenters. The third-order valence-corrected chi connectivity index (χ3v) is 3.08. The average molecular weight is 353 g/mol. The Morgan fingerprint density at radius 1 is 1.08 bits per heavy atom. The molecule has 0 saturated carbocycles. The molecule has 0 bridgehead atoms. The number of aromatic nitrogens is 2. The van der Waals surface area contributed by atoms with Gasteiger partial charge in [0.05, 0.1) is 20.8 Å². The predicted octanol–water partition coefficient (Wildman–Crippen LogP) is 3.57. The molecule has 0 aliphatic carbocycles. The van der Waals surface area contributed by atoms with Gasteiger partial charge in [0.2, 0.25) is 5.88 Å². The van der Waals surface area contributed by atoms with E-state index in [9.17, 15) is 4.79 Å². The molecule has 0 N–H and O–H groups in total. The van der Waals surface area contributed by atoms with Crippen LogP contribution in [0.2, 0.25) is 5.15 Å². The first-order chi connectivity index (χ1) is 11.7. The smallest absolute Gasteiger partial charge is 0.320 e. The molecule has 7 heteroatoms. The third-order valence-electron chi connectivity index (χ3n) is 2.81. The zero-order chi connectivity index (χ0) is 17.9. The summed E-state index contributed by atoms with van der Waals surface area (Å²) in [6, 6.07) is 9.57. The highest BCUT2D eigenvalue weighted by molar-refractivity contribution is 6.33. The van der Waals surface area contributed by atoms with E-state index in [1.54, 1.807) is 0 Å². The van der Waals surface area contributed by atoms with E-state index in [0.717, 1.165) is 5.56 Å². The summed E-state index contributed by atoms with van der Waals surface area (Å²) in [4.78, 5) is 20.0. The van der Waals surface area contributed by atoms with Gasteiger partial charge in [0.1, 0.15) is 12.2 Å². The van der Waals surface area contributed by atoms with E-state index in [0.29, 0.717) is 6.61 Å². The summed E-state index contributed by atoms with van der Waals surface area (Å²) in [6.45, 7) is 4.17. The number of hydrogen-bond acceptors (Lipinski definition) is 6. The Kier molecular flexibility index (Phi) is 8.75. The molecule has 0 unspecified atom stereocenters. The topological polar surface area (TPSA) is 70.5 Å². The fourth-order valence-electron chi connectivity index (χ4n) is 1.78. The van der Waals surface area contributed by atoms with Crippen molar-refractivity contribution in [2.45, 2.75) is 20.5 Å². The Labute approximate surface area is 146 Å². The van der Waals surface area contributed by atoms with Crippen LogP contribution in [0.25, 0.3) is 0 Å². The van der Waals surface area contributed by atoms with Crippen LogP contribution in [0.3, 0.4) is 0 Å². The molecule has 1 aromatic carbocycles. The number of ketones is 1. The van der Waals surface area contributed by atoms with Crippen LogP contribution in [0.1, 0.15) is 29.8 Å².